The van der Waals surface area contributed by atoms with Crippen LogP contribution in [-0.2, 0) is 19.5 Å². The van der Waals surface area contributed by atoms with Gasteiger partial charge >= 0.3 is 5.97 Å². The predicted molar refractivity (Wildman–Crippen MR) is 169 cm³/mol. The Morgan fingerprint density at radius 3 is 2.53 bits per heavy atom. The van der Waals surface area contributed by atoms with E-state index in [1.165, 1.54) is 27.9 Å². The topological polar surface area (TPSA) is 114 Å². The molecule has 0 bridgehead atoms. The summed E-state index contributed by atoms with van der Waals surface area (Å²) in [6.07, 6.45) is 4.96. The zero-order chi connectivity index (χ0) is 30.3. The molecule has 1 aliphatic carbocycles. The molecule has 3 aromatic carbocycles. The van der Waals surface area contributed by atoms with E-state index >= 15 is 0 Å². The third-order valence-corrected chi connectivity index (χ3v) is 8.55. The lowest BCUT2D eigenvalue weighted by Gasteiger charge is -2.29. The maximum atomic E-state index is 12.1. The average molecular weight is 577 g/mol. The summed E-state index contributed by atoms with van der Waals surface area (Å²) in [5.41, 5.74) is 15.1. The fourth-order valence-corrected chi connectivity index (χ4v) is 6.68. The smallest absolute Gasteiger partial charge is 0.339 e. The maximum Gasteiger partial charge on any atom is 0.339 e. The molecule has 1 saturated carbocycles. The Hall–Kier alpha value is -4.40. The molecule has 6 rings (SSSR count). The number of aromatic carboxylic acids is 1. The molecule has 2 aliphatic rings. The third-order valence-electron chi connectivity index (χ3n) is 8.55. The Morgan fingerprint density at radius 2 is 1.79 bits per heavy atom. The van der Waals surface area contributed by atoms with Gasteiger partial charge in [0.2, 0.25) is 0 Å². The summed E-state index contributed by atoms with van der Waals surface area (Å²) < 4.78 is 1.76. The predicted octanol–water partition coefficient (Wildman–Crippen LogP) is 5.53. The van der Waals surface area contributed by atoms with Crippen molar-refractivity contribution < 1.29 is 9.90 Å². The molecule has 0 amide bonds. The highest BCUT2D eigenvalue weighted by Gasteiger charge is 2.45. The van der Waals surface area contributed by atoms with Crippen molar-refractivity contribution in [2.45, 2.75) is 45.7 Å². The van der Waals surface area contributed by atoms with Crippen LogP contribution in [0.4, 0.5) is 0 Å². The maximum absolute atomic E-state index is 12.1. The first kappa shape index (κ1) is 28.7. The quantitative estimate of drug-likeness (QED) is 0.187. The van der Waals surface area contributed by atoms with Gasteiger partial charge < -0.3 is 15.8 Å². The molecule has 0 spiro atoms. The Morgan fingerprint density at radius 1 is 1.07 bits per heavy atom. The fraction of sp³-hybridized carbons (Fsp3) is 0.314. The van der Waals surface area contributed by atoms with Gasteiger partial charge in [-0.2, -0.15) is 5.10 Å². The highest BCUT2D eigenvalue weighted by Crippen LogP contribution is 2.52. The molecule has 4 aromatic rings. The van der Waals surface area contributed by atoms with E-state index in [0.29, 0.717) is 11.4 Å². The van der Waals surface area contributed by atoms with E-state index in [0.717, 1.165) is 49.3 Å². The van der Waals surface area contributed by atoms with Crippen LogP contribution >= 0.6 is 0 Å². The van der Waals surface area contributed by atoms with Crippen molar-refractivity contribution in [1.29, 1.82) is 0 Å². The van der Waals surface area contributed by atoms with Crippen molar-refractivity contribution in [3.63, 3.8) is 0 Å². The van der Waals surface area contributed by atoms with Crippen molar-refractivity contribution in [3.8, 4) is 16.8 Å². The molecule has 2 heterocycles. The zero-order valence-corrected chi connectivity index (χ0v) is 25.1. The molecule has 0 radical (unpaired) electrons. The van der Waals surface area contributed by atoms with Crippen LogP contribution < -0.4 is 11.6 Å². The van der Waals surface area contributed by atoms with Gasteiger partial charge in [0.15, 0.2) is 0 Å². The van der Waals surface area contributed by atoms with E-state index in [2.05, 4.69) is 84.5 Å². The Labute approximate surface area is 253 Å². The van der Waals surface area contributed by atoms with E-state index in [9.17, 15) is 9.90 Å². The minimum Gasteiger partial charge on any atom is -0.478 e. The highest BCUT2D eigenvalue weighted by molar-refractivity contribution is 5.89. The minimum atomic E-state index is -0.992. The van der Waals surface area contributed by atoms with Crippen molar-refractivity contribution in [2.24, 2.45) is 22.9 Å². The van der Waals surface area contributed by atoms with Crippen molar-refractivity contribution in [1.82, 2.24) is 19.7 Å². The molecule has 1 aliphatic heterocycles. The van der Waals surface area contributed by atoms with Crippen LogP contribution in [0.3, 0.4) is 0 Å². The van der Waals surface area contributed by atoms with Crippen LogP contribution in [0.5, 0.6) is 0 Å². The van der Waals surface area contributed by atoms with Gasteiger partial charge in [0.05, 0.1) is 17.6 Å². The van der Waals surface area contributed by atoms with Crippen LogP contribution in [0.1, 0.15) is 58.9 Å². The minimum absolute atomic E-state index is 0.0235. The van der Waals surface area contributed by atoms with Crippen molar-refractivity contribution >= 4 is 5.97 Å². The van der Waals surface area contributed by atoms with E-state index in [1.807, 2.05) is 12.1 Å². The van der Waals surface area contributed by atoms with E-state index in [4.69, 9.17) is 11.6 Å². The molecule has 1 aromatic heterocycles. The number of carboxylic acids is 1. The van der Waals surface area contributed by atoms with Gasteiger partial charge in [0.1, 0.15) is 5.56 Å². The number of hydrazine groups is 1. The van der Waals surface area contributed by atoms with Gasteiger partial charge in [-0.05, 0) is 64.3 Å². The first-order valence-corrected chi connectivity index (χ1v) is 14.8. The van der Waals surface area contributed by atoms with E-state index in [-0.39, 0.29) is 22.8 Å². The van der Waals surface area contributed by atoms with E-state index < -0.39 is 5.97 Å². The SMILES string of the molecule is CN(N)/C=C(\N)C1C[C@H]1c1c(C(=O)O)cnn1-c1cccc(-c2cccc(CN3Cc4ccccc4CC(C)(C)C3)c2)c1. The molecule has 43 heavy (non-hydrogen) atoms. The molecular weight excluding hydrogens is 536 g/mol. The number of carbonyl (C=O) groups is 1. The molecule has 1 fully saturated rings. The second-order valence-corrected chi connectivity index (χ2v) is 12.9. The molecular formula is C35H40N6O2. The molecule has 0 saturated heterocycles. The van der Waals surface area contributed by atoms with Gasteiger partial charge in [0.25, 0.3) is 0 Å². The number of carboxylic acid groups (broad SMARTS) is 1. The Bertz CT molecular complexity index is 1690. The standard InChI is InChI=1S/C35H40N6O2/c1-35(2)17-26-9-4-5-10-27(26)20-40(22-35)19-23-8-6-11-24(14-23)25-12-7-13-28(15-25)41-33(31(18-38-41)34(42)43)30-16-29(30)32(36)21-39(3)37/h4-15,18,21,29-30H,16-17,19-20,22,36-37H2,1-3H3,(H,42,43)/b32-21-/t29?,30-/m1/s1. The van der Waals surface area contributed by atoms with Crippen molar-refractivity contribution in [3.05, 3.63) is 119 Å². The Kier molecular flexibility index (Phi) is 7.58. The van der Waals surface area contributed by atoms with Gasteiger partial charge in [-0.25, -0.2) is 15.3 Å². The fourth-order valence-electron chi connectivity index (χ4n) is 6.68. The number of hydrogen-bond acceptors (Lipinski definition) is 6. The number of benzene rings is 3. The largest absolute Gasteiger partial charge is 0.478 e. The summed E-state index contributed by atoms with van der Waals surface area (Å²) in [6, 6.07) is 25.7. The lowest BCUT2D eigenvalue weighted by molar-refractivity contribution is 0.0695. The number of aromatic nitrogens is 2. The van der Waals surface area contributed by atoms with Crippen LogP contribution in [-0.4, -0.2) is 44.4 Å². The molecule has 222 valence electrons. The lowest BCUT2D eigenvalue weighted by Crippen LogP contribution is -2.32. The van der Waals surface area contributed by atoms with E-state index in [1.54, 1.807) is 17.9 Å². The lowest BCUT2D eigenvalue weighted by atomic mass is 9.85. The summed E-state index contributed by atoms with van der Waals surface area (Å²) in [4.78, 5) is 14.7. The average Bonchev–Trinajstić information content (AvgIpc) is 3.65. The Balaban J connectivity index is 1.27. The van der Waals surface area contributed by atoms with Gasteiger partial charge in [-0.15, -0.1) is 0 Å². The number of nitrogens with two attached hydrogens (primary N) is 2. The van der Waals surface area contributed by atoms with Crippen LogP contribution in [0.15, 0.2) is 90.9 Å². The molecule has 8 nitrogen and oxygen atoms in total. The number of allylic oxidation sites excluding steroid dienone is 1. The van der Waals surface area contributed by atoms with Crippen LogP contribution in [0.25, 0.3) is 16.8 Å². The van der Waals surface area contributed by atoms with Crippen LogP contribution in [0.2, 0.25) is 0 Å². The second-order valence-electron chi connectivity index (χ2n) is 12.9. The van der Waals surface area contributed by atoms with Gasteiger partial charge in [0, 0.05) is 50.4 Å². The highest BCUT2D eigenvalue weighted by atomic mass is 16.4. The monoisotopic (exact) mass is 576 g/mol. The number of nitrogens with zero attached hydrogens (tertiary/aromatic N) is 4. The second kappa shape index (κ2) is 11.4. The molecule has 8 heteroatoms. The summed E-state index contributed by atoms with van der Waals surface area (Å²) in [7, 11) is 1.71. The molecule has 1 unspecified atom stereocenters. The number of fused-ring (bicyclic) bond motifs is 1. The summed E-state index contributed by atoms with van der Waals surface area (Å²) in [5, 5.41) is 15.9. The first-order valence-electron chi connectivity index (χ1n) is 14.8. The number of rotatable bonds is 8. The first-order chi connectivity index (χ1) is 20.6. The van der Waals surface area contributed by atoms with Crippen LogP contribution in [0, 0.1) is 11.3 Å². The molecule has 2 atom stereocenters. The summed E-state index contributed by atoms with van der Waals surface area (Å²) in [6.45, 7) is 7.55. The van der Waals surface area contributed by atoms with Gasteiger partial charge in [-0.1, -0.05) is 68.4 Å². The normalized spacial score (nSPS) is 19.9. The molecule has 5 N–H and O–H groups in total. The van der Waals surface area contributed by atoms with Crippen molar-refractivity contribution in [2.75, 3.05) is 13.6 Å². The third kappa shape index (κ3) is 6.21. The summed E-state index contributed by atoms with van der Waals surface area (Å²) in [5.74, 6) is 4.75. The zero-order valence-electron chi connectivity index (χ0n) is 25.1. The number of hydrogen-bond donors (Lipinski definition) is 3. The van der Waals surface area contributed by atoms with Gasteiger partial charge in [-0.3, -0.25) is 4.90 Å². The summed E-state index contributed by atoms with van der Waals surface area (Å²) >= 11 is 0.